The minimum atomic E-state index is -0.137. The van der Waals surface area contributed by atoms with Crippen molar-refractivity contribution in [3.63, 3.8) is 0 Å². The standard InChI is InChI=1S/C24H25ClN2O2/c25-22-11-5-4-10-21(22)17-26-23(28)14-12-20-9-6-16-27(18-20)24(29)15-13-19-7-2-1-3-8-19/h1-5,7-8,10-11,20H,6,9,12,14,16-18H2,(H,26,28)/t20-/m0/s1. The Bertz CT molecular complexity index is 902. The van der Waals surface area contributed by atoms with E-state index in [9.17, 15) is 9.59 Å². The zero-order chi connectivity index (χ0) is 20.5. The molecule has 29 heavy (non-hydrogen) atoms. The molecule has 3 rings (SSSR count). The number of carbonyl (C=O) groups is 2. The Morgan fingerprint density at radius 3 is 2.66 bits per heavy atom. The van der Waals surface area contributed by atoms with E-state index in [2.05, 4.69) is 17.2 Å². The minimum absolute atomic E-state index is 0.0113. The summed E-state index contributed by atoms with van der Waals surface area (Å²) in [4.78, 5) is 26.4. The summed E-state index contributed by atoms with van der Waals surface area (Å²) in [7, 11) is 0. The van der Waals surface area contributed by atoms with Gasteiger partial charge < -0.3 is 10.2 Å². The smallest absolute Gasteiger partial charge is 0.298 e. The predicted molar refractivity (Wildman–Crippen MR) is 115 cm³/mol. The molecule has 1 aliphatic rings. The summed E-state index contributed by atoms with van der Waals surface area (Å²) in [6, 6.07) is 17.0. The van der Waals surface area contributed by atoms with Gasteiger partial charge in [-0.2, -0.15) is 0 Å². The predicted octanol–water partition coefficient (Wildman–Crippen LogP) is 4.03. The van der Waals surface area contributed by atoms with Gasteiger partial charge in [-0.15, -0.1) is 0 Å². The van der Waals surface area contributed by atoms with E-state index in [-0.39, 0.29) is 11.8 Å². The summed E-state index contributed by atoms with van der Waals surface area (Å²) < 4.78 is 0. The molecule has 1 atom stereocenters. The fraction of sp³-hybridized carbons (Fsp3) is 0.333. The molecule has 0 unspecified atom stereocenters. The molecule has 1 N–H and O–H groups in total. The molecule has 1 heterocycles. The highest BCUT2D eigenvalue weighted by Gasteiger charge is 2.23. The molecule has 150 valence electrons. The van der Waals surface area contributed by atoms with Crippen LogP contribution in [0.25, 0.3) is 0 Å². The highest BCUT2D eigenvalue weighted by atomic mass is 35.5. The lowest BCUT2D eigenvalue weighted by Gasteiger charge is -2.31. The zero-order valence-electron chi connectivity index (χ0n) is 16.4. The van der Waals surface area contributed by atoms with E-state index in [1.54, 1.807) is 0 Å². The monoisotopic (exact) mass is 408 g/mol. The molecule has 1 fully saturated rings. The second-order valence-corrected chi connectivity index (χ2v) is 7.69. The minimum Gasteiger partial charge on any atom is -0.352 e. The maximum Gasteiger partial charge on any atom is 0.298 e. The van der Waals surface area contributed by atoms with Gasteiger partial charge in [0.1, 0.15) is 0 Å². The first-order valence-electron chi connectivity index (χ1n) is 9.98. The molecule has 0 aromatic heterocycles. The van der Waals surface area contributed by atoms with Crippen molar-refractivity contribution in [1.82, 2.24) is 10.2 Å². The molecule has 0 bridgehead atoms. The number of hydrogen-bond acceptors (Lipinski definition) is 2. The molecule has 2 aromatic carbocycles. The largest absolute Gasteiger partial charge is 0.352 e. The van der Waals surface area contributed by atoms with Crippen molar-refractivity contribution in [3.8, 4) is 11.8 Å². The lowest BCUT2D eigenvalue weighted by Crippen LogP contribution is -2.39. The third-order valence-corrected chi connectivity index (χ3v) is 5.48. The maximum absolute atomic E-state index is 12.4. The molecule has 0 aliphatic carbocycles. The number of nitrogens with one attached hydrogen (secondary N) is 1. The normalized spacial score (nSPS) is 15.9. The van der Waals surface area contributed by atoms with Crippen LogP contribution in [0.3, 0.4) is 0 Å². The second kappa shape index (κ2) is 10.7. The number of rotatable bonds is 5. The Balaban J connectivity index is 1.43. The van der Waals surface area contributed by atoms with E-state index in [1.807, 2.05) is 59.5 Å². The van der Waals surface area contributed by atoms with Crippen LogP contribution in [0, 0.1) is 17.8 Å². The van der Waals surface area contributed by atoms with Gasteiger partial charge >= 0.3 is 0 Å². The Kier molecular flexibility index (Phi) is 7.72. The van der Waals surface area contributed by atoms with Crippen LogP contribution >= 0.6 is 11.6 Å². The van der Waals surface area contributed by atoms with Crippen molar-refractivity contribution >= 4 is 23.4 Å². The molecular formula is C24H25ClN2O2. The van der Waals surface area contributed by atoms with Gasteiger partial charge in [0.15, 0.2) is 0 Å². The van der Waals surface area contributed by atoms with Crippen LogP contribution < -0.4 is 5.32 Å². The fourth-order valence-electron chi connectivity index (χ4n) is 3.47. The zero-order valence-corrected chi connectivity index (χ0v) is 17.1. The van der Waals surface area contributed by atoms with Gasteiger partial charge in [-0.1, -0.05) is 53.9 Å². The number of hydrogen-bond donors (Lipinski definition) is 1. The Morgan fingerprint density at radius 1 is 1.10 bits per heavy atom. The van der Waals surface area contributed by atoms with Crippen molar-refractivity contribution in [3.05, 3.63) is 70.7 Å². The SMILES string of the molecule is O=C(CC[C@@H]1CCCN(C(=O)C#Cc2ccccc2)C1)NCc1ccccc1Cl. The van der Waals surface area contributed by atoms with Crippen molar-refractivity contribution in [2.75, 3.05) is 13.1 Å². The van der Waals surface area contributed by atoms with Crippen LogP contribution in [0.2, 0.25) is 5.02 Å². The van der Waals surface area contributed by atoms with Crippen LogP contribution in [-0.4, -0.2) is 29.8 Å². The first-order valence-corrected chi connectivity index (χ1v) is 10.4. The third kappa shape index (κ3) is 6.66. The number of piperidine rings is 1. The first kappa shape index (κ1) is 21.0. The van der Waals surface area contributed by atoms with Gasteiger partial charge in [0.25, 0.3) is 5.91 Å². The van der Waals surface area contributed by atoms with Crippen molar-refractivity contribution in [2.45, 2.75) is 32.2 Å². The van der Waals surface area contributed by atoms with Crippen LogP contribution in [0.4, 0.5) is 0 Å². The molecule has 2 amide bonds. The molecule has 1 aliphatic heterocycles. The van der Waals surface area contributed by atoms with Gasteiger partial charge in [-0.3, -0.25) is 9.59 Å². The quantitative estimate of drug-likeness (QED) is 0.759. The van der Waals surface area contributed by atoms with E-state index < -0.39 is 0 Å². The first-order chi connectivity index (χ1) is 14.1. The average molecular weight is 409 g/mol. The number of amides is 2. The molecule has 5 heteroatoms. The number of likely N-dealkylation sites (tertiary alicyclic amines) is 1. The van der Waals surface area contributed by atoms with Crippen LogP contribution in [0.1, 0.15) is 36.8 Å². The topological polar surface area (TPSA) is 49.4 Å². The fourth-order valence-corrected chi connectivity index (χ4v) is 3.67. The lowest BCUT2D eigenvalue weighted by molar-refractivity contribution is -0.126. The molecule has 4 nitrogen and oxygen atoms in total. The van der Waals surface area contributed by atoms with E-state index in [4.69, 9.17) is 11.6 Å². The molecule has 0 spiro atoms. The van der Waals surface area contributed by atoms with E-state index in [0.29, 0.717) is 30.5 Å². The summed E-state index contributed by atoms with van der Waals surface area (Å²) in [5.41, 5.74) is 1.75. The number of carbonyl (C=O) groups excluding carboxylic acids is 2. The van der Waals surface area contributed by atoms with Crippen LogP contribution in [-0.2, 0) is 16.1 Å². The number of nitrogens with zero attached hydrogens (tertiary/aromatic N) is 1. The molecular weight excluding hydrogens is 384 g/mol. The van der Waals surface area contributed by atoms with E-state index in [1.165, 1.54) is 0 Å². The van der Waals surface area contributed by atoms with Gasteiger partial charge in [-0.25, -0.2) is 0 Å². The van der Waals surface area contributed by atoms with Gasteiger partial charge in [-0.05, 0) is 48.9 Å². The van der Waals surface area contributed by atoms with Gasteiger partial charge in [0.2, 0.25) is 5.91 Å². The van der Waals surface area contributed by atoms with Crippen LogP contribution in [0.5, 0.6) is 0 Å². The van der Waals surface area contributed by atoms with Gasteiger partial charge in [0.05, 0.1) is 0 Å². The van der Waals surface area contributed by atoms with E-state index >= 15 is 0 Å². The van der Waals surface area contributed by atoms with Crippen molar-refractivity contribution in [2.24, 2.45) is 5.92 Å². The highest BCUT2D eigenvalue weighted by molar-refractivity contribution is 6.31. The summed E-state index contributed by atoms with van der Waals surface area (Å²) in [6.45, 7) is 1.83. The molecule has 1 saturated heterocycles. The Hall–Kier alpha value is -2.77. The average Bonchev–Trinajstić information content (AvgIpc) is 2.76. The summed E-state index contributed by atoms with van der Waals surface area (Å²) in [5.74, 6) is 5.88. The number of halogens is 1. The second-order valence-electron chi connectivity index (χ2n) is 7.28. The van der Waals surface area contributed by atoms with Crippen molar-refractivity contribution in [1.29, 1.82) is 0 Å². The van der Waals surface area contributed by atoms with Crippen LogP contribution in [0.15, 0.2) is 54.6 Å². The molecule has 2 aromatic rings. The number of benzene rings is 2. The molecule has 0 radical (unpaired) electrons. The van der Waals surface area contributed by atoms with E-state index in [0.717, 1.165) is 36.9 Å². The Labute approximate surface area is 177 Å². The summed E-state index contributed by atoms with van der Waals surface area (Å²) >= 11 is 6.12. The van der Waals surface area contributed by atoms with Gasteiger partial charge in [0, 0.05) is 42.6 Å². The summed E-state index contributed by atoms with van der Waals surface area (Å²) in [5, 5.41) is 3.58. The lowest BCUT2D eigenvalue weighted by atomic mass is 9.93. The Morgan fingerprint density at radius 2 is 1.86 bits per heavy atom. The molecule has 0 saturated carbocycles. The maximum atomic E-state index is 12.4. The third-order valence-electron chi connectivity index (χ3n) is 5.11. The van der Waals surface area contributed by atoms with Crippen molar-refractivity contribution < 1.29 is 9.59 Å². The highest BCUT2D eigenvalue weighted by Crippen LogP contribution is 2.21. The summed E-state index contributed by atoms with van der Waals surface area (Å²) in [6.07, 6.45) is 3.20.